The van der Waals surface area contributed by atoms with E-state index >= 15 is 0 Å². The summed E-state index contributed by atoms with van der Waals surface area (Å²) in [6, 6.07) is 6.49. The van der Waals surface area contributed by atoms with Gasteiger partial charge in [0.15, 0.2) is 0 Å². The van der Waals surface area contributed by atoms with Crippen LogP contribution in [0.1, 0.15) is 26.4 Å². The fraction of sp³-hybridized carbons (Fsp3) is 0.214. The van der Waals surface area contributed by atoms with Crippen molar-refractivity contribution in [3.63, 3.8) is 0 Å². The number of amides is 1. The Bertz CT molecular complexity index is 644. The van der Waals surface area contributed by atoms with Crippen LogP contribution in [0, 0.1) is 6.92 Å². The molecule has 1 N–H and O–H groups in total. The number of rotatable bonds is 3. The van der Waals surface area contributed by atoms with Gasteiger partial charge in [0.2, 0.25) is 0 Å². The van der Waals surface area contributed by atoms with E-state index in [2.05, 4.69) is 15.2 Å². The predicted octanol–water partition coefficient (Wildman–Crippen LogP) is 1.77. The molecular weight excluding hydrogens is 258 g/mol. The summed E-state index contributed by atoms with van der Waals surface area (Å²) in [5.41, 5.74) is 2.22. The monoisotopic (exact) mass is 273 g/mol. The van der Waals surface area contributed by atoms with Gasteiger partial charge in [0, 0.05) is 18.9 Å². The molecule has 20 heavy (non-hydrogen) atoms. The molecule has 1 heterocycles. The van der Waals surface area contributed by atoms with E-state index in [1.165, 1.54) is 7.11 Å². The van der Waals surface area contributed by atoms with Crippen LogP contribution >= 0.6 is 0 Å². The number of methoxy groups -OCH3 is 1. The number of aromatic nitrogens is 2. The number of nitrogens with one attached hydrogen (secondary N) is 1. The number of carbonyl (C=O) groups excluding carboxylic acids is 2. The molecule has 1 aromatic carbocycles. The van der Waals surface area contributed by atoms with Crippen molar-refractivity contribution in [1.82, 2.24) is 9.78 Å². The molecule has 0 unspecified atom stereocenters. The molecule has 1 amide bonds. The largest absolute Gasteiger partial charge is 0.465 e. The van der Waals surface area contributed by atoms with Crippen LogP contribution in [-0.2, 0) is 11.8 Å². The summed E-state index contributed by atoms with van der Waals surface area (Å²) in [6.45, 7) is 1.77. The van der Waals surface area contributed by atoms with Gasteiger partial charge < -0.3 is 10.1 Å². The first-order valence-corrected chi connectivity index (χ1v) is 6.01. The van der Waals surface area contributed by atoms with E-state index < -0.39 is 5.97 Å². The Balaban J connectivity index is 2.12. The number of hydrogen-bond acceptors (Lipinski definition) is 4. The van der Waals surface area contributed by atoms with E-state index in [9.17, 15) is 9.59 Å². The summed E-state index contributed by atoms with van der Waals surface area (Å²) >= 11 is 0. The van der Waals surface area contributed by atoms with Gasteiger partial charge in [-0.05, 0) is 31.2 Å². The second kappa shape index (κ2) is 5.56. The summed E-state index contributed by atoms with van der Waals surface area (Å²) in [6.07, 6.45) is 1.66. The Morgan fingerprint density at radius 2 is 1.90 bits per heavy atom. The highest BCUT2D eigenvalue weighted by atomic mass is 16.5. The zero-order valence-electron chi connectivity index (χ0n) is 11.5. The van der Waals surface area contributed by atoms with E-state index in [4.69, 9.17) is 0 Å². The Labute approximate surface area is 116 Å². The van der Waals surface area contributed by atoms with Crippen LogP contribution < -0.4 is 5.32 Å². The topological polar surface area (TPSA) is 73.2 Å². The van der Waals surface area contributed by atoms with Crippen molar-refractivity contribution in [2.24, 2.45) is 7.05 Å². The van der Waals surface area contributed by atoms with Gasteiger partial charge in [-0.1, -0.05) is 0 Å². The lowest BCUT2D eigenvalue weighted by Crippen LogP contribution is -2.12. The molecule has 0 spiro atoms. The van der Waals surface area contributed by atoms with Crippen LogP contribution in [0.5, 0.6) is 0 Å². The van der Waals surface area contributed by atoms with E-state index in [-0.39, 0.29) is 5.91 Å². The third-order valence-corrected chi connectivity index (χ3v) is 2.82. The summed E-state index contributed by atoms with van der Waals surface area (Å²) in [7, 11) is 3.08. The highest BCUT2D eigenvalue weighted by molar-refractivity contribution is 6.05. The first-order chi connectivity index (χ1) is 9.51. The molecule has 0 bridgehead atoms. The van der Waals surface area contributed by atoms with Gasteiger partial charge in [-0.3, -0.25) is 9.48 Å². The van der Waals surface area contributed by atoms with Gasteiger partial charge in [-0.15, -0.1) is 0 Å². The van der Waals surface area contributed by atoms with Crippen molar-refractivity contribution >= 4 is 17.6 Å². The SMILES string of the molecule is COC(=O)c1ccc(NC(=O)c2cn(C)nc2C)cc1. The van der Waals surface area contributed by atoms with Gasteiger partial charge in [0.1, 0.15) is 0 Å². The summed E-state index contributed by atoms with van der Waals surface area (Å²) < 4.78 is 6.20. The van der Waals surface area contributed by atoms with Crippen LogP contribution in [0.15, 0.2) is 30.5 Å². The second-order valence-electron chi connectivity index (χ2n) is 4.32. The zero-order chi connectivity index (χ0) is 14.7. The minimum absolute atomic E-state index is 0.235. The molecule has 0 saturated carbocycles. The van der Waals surface area contributed by atoms with Gasteiger partial charge in [-0.25, -0.2) is 4.79 Å². The van der Waals surface area contributed by atoms with E-state index in [0.717, 1.165) is 0 Å². The number of esters is 1. The van der Waals surface area contributed by atoms with Gasteiger partial charge >= 0.3 is 5.97 Å². The molecule has 6 nitrogen and oxygen atoms in total. The lowest BCUT2D eigenvalue weighted by atomic mass is 10.2. The Morgan fingerprint density at radius 3 is 2.40 bits per heavy atom. The number of hydrogen-bond donors (Lipinski definition) is 1. The maximum Gasteiger partial charge on any atom is 0.337 e. The average Bonchev–Trinajstić information content (AvgIpc) is 2.78. The molecule has 0 fully saturated rings. The predicted molar refractivity (Wildman–Crippen MR) is 73.7 cm³/mol. The summed E-state index contributed by atoms with van der Waals surface area (Å²) in [5, 5.41) is 6.87. The number of anilines is 1. The van der Waals surface area contributed by atoms with Crippen molar-refractivity contribution < 1.29 is 14.3 Å². The number of benzene rings is 1. The van der Waals surface area contributed by atoms with Crippen molar-refractivity contribution in [1.29, 1.82) is 0 Å². The van der Waals surface area contributed by atoms with Gasteiger partial charge in [-0.2, -0.15) is 5.10 Å². The van der Waals surface area contributed by atoms with Crippen LogP contribution in [0.4, 0.5) is 5.69 Å². The molecule has 104 valence electrons. The highest BCUT2D eigenvalue weighted by Gasteiger charge is 2.13. The highest BCUT2D eigenvalue weighted by Crippen LogP contribution is 2.13. The molecule has 2 aromatic rings. The first kappa shape index (κ1) is 13.8. The van der Waals surface area contributed by atoms with E-state index in [1.807, 2.05) is 0 Å². The molecule has 0 aliphatic heterocycles. The smallest absolute Gasteiger partial charge is 0.337 e. The molecule has 0 radical (unpaired) electrons. The summed E-state index contributed by atoms with van der Waals surface area (Å²) in [4.78, 5) is 23.4. The fourth-order valence-corrected chi connectivity index (χ4v) is 1.83. The molecule has 6 heteroatoms. The Morgan fingerprint density at radius 1 is 1.25 bits per heavy atom. The van der Waals surface area contributed by atoms with Crippen LogP contribution in [-0.4, -0.2) is 28.8 Å². The number of nitrogens with zero attached hydrogens (tertiary/aromatic N) is 2. The lowest BCUT2D eigenvalue weighted by molar-refractivity contribution is 0.0600. The molecule has 0 aliphatic rings. The average molecular weight is 273 g/mol. The molecule has 0 atom stereocenters. The molecule has 0 aliphatic carbocycles. The van der Waals surface area contributed by atoms with Crippen LogP contribution in [0.25, 0.3) is 0 Å². The minimum atomic E-state index is -0.411. The van der Waals surface area contributed by atoms with Crippen molar-refractivity contribution in [3.8, 4) is 0 Å². The quantitative estimate of drug-likeness (QED) is 0.865. The van der Waals surface area contributed by atoms with Gasteiger partial charge in [0.05, 0.1) is 23.9 Å². The number of carbonyl (C=O) groups is 2. The zero-order valence-corrected chi connectivity index (χ0v) is 11.5. The van der Waals surface area contributed by atoms with Crippen molar-refractivity contribution in [2.75, 3.05) is 12.4 Å². The molecule has 0 saturated heterocycles. The van der Waals surface area contributed by atoms with Gasteiger partial charge in [0.25, 0.3) is 5.91 Å². The Kier molecular flexibility index (Phi) is 3.84. The van der Waals surface area contributed by atoms with E-state index in [0.29, 0.717) is 22.5 Å². The Hall–Kier alpha value is -2.63. The van der Waals surface area contributed by atoms with Crippen LogP contribution in [0.2, 0.25) is 0 Å². The van der Waals surface area contributed by atoms with Crippen molar-refractivity contribution in [3.05, 3.63) is 47.3 Å². The first-order valence-electron chi connectivity index (χ1n) is 6.01. The number of aryl methyl sites for hydroxylation is 2. The molecular formula is C14H15N3O3. The summed E-state index contributed by atoms with van der Waals surface area (Å²) in [5.74, 6) is -0.646. The normalized spacial score (nSPS) is 10.2. The standard InChI is InChI=1S/C14H15N3O3/c1-9-12(8-17(2)16-9)13(18)15-11-6-4-10(5-7-11)14(19)20-3/h4-8H,1-3H3,(H,15,18). The molecule has 2 rings (SSSR count). The maximum absolute atomic E-state index is 12.1. The minimum Gasteiger partial charge on any atom is -0.465 e. The van der Waals surface area contributed by atoms with E-state index in [1.54, 1.807) is 49.1 Å². The second-order valence-corrected chi connectivity index (χ2v) is 4.32. The fourth-order valence-electron chi connectivity index (χ4n) is 1.83. The van der Waals surface area contributed by atoms with Crippen LogP contribution in [0.3, 0.4) is 0 Å². The number of ether oxygens (including phenoxy) is 1. The molecule has 1 aromatic heterocycles. The lowest BCUT2D eigenvalue weighted by Gasteiger charge is -2.05. The third-order valence-electron chi connectivity index (χ3n) is 2.82. The maximum atomic E-state index is 12.1. The van der Waals surface area contributed by atoms with Crippen molar-refractivity contribution in [2.45, 2.75) is 6.92 Å². The third kappa shape index (κ3) is 2.85.